The minimum atomic E-state index is -0.00354. The number of carbonyl (C=O) groups excluding carboxylic acids is 1. The SMILES string of the molecule is CN(CCC#N)C(=O)CCOc1ccccc1. The van der Waals surface area contributed by atoms with E-state index >= 15 is 0 Å². The van der Waals surface area contributed by atoms with E-state index in [1.165, 1.54) is 0 Å². The average Bonchev–Trinajstić information content (AvgIpc) is 2.37. The van der Waals surface area contributed by atoms with E-state index in [-0.39, 0.29) is 5.91 Å². The minimum absolute atomic E-state index is 0.00354. The van der Waals surface area contributed by atoms with Crippen molar-refractivity contribution in [3.8, 4) is 11.8 Å². The highest BCUT2D eigenvalue weighted by atomic mass is 16.5. The van der Waals surface area contributed by atoms with Crippen LogP contribution in [0.5, 0.6) is 5.75 Å². The van der Waals surface area contributed by atoms with Gasteiger partial charge in [-0.15, -0.1) is 0 Å². The monoisotopic (exact) mass is 232 g/mol. The van der Waals surface area contributed by atoms with E-state index < -0.39 is 0 Å². The molecule has 0 bridgehead atoms. The Balaban J connectivity index is 2.23. The lowest BCUT2D eigenvalue weighted by atomic mass is 10.3. The lowest BCUT2D eigenvalue weighted by Crippen LogP contribution is -2.28. The Hall–Kier alpha value is -2.02. The van der Waals surface area contributed by atoms with Crippen LogP contribution in [0.2, 0.25) is 0 Å². The number of benzene rings is 1. The molecule has 1 aromatic rings. The van der Waals surface area contributed by atoms with Crippen LogP contribution in [0.1, 0.15) is 12.8 Å². The standard InChI is InChI=1S/C13H16N2O2/c1-15(10-5-9-14)13(16)8-11-17-12-6-3-2-4-7-12/h2-4,6-7H,5,8,10-11H2,1H3. The van der Waals surface area contributed by atoms with E-state index in [1.54, 1.807) is 11.9 Å². The fourth-order valence-electron chi connectivity index (χ4n) is 1.31. The zero-order chi connectivity index (χ0) is 12.5. The molecule has 0 aliphatic rings. The van der Waals surface area contributed by atoms with Gasteiger partial charge < -0.3 is 9.64 Å². The summed E-state index contributed by atoms with van der Waals surface area (Å²) in [6, 6.07) is 11.4. The second kappa shape index (κ2) is 7.29. The molecule has 4 nitrogen and oxygen atoms in total. The van der Waals surface area contributed by atoms with Crippen LogP contribution in [0.4, 0.5) is 0 Å². The molecule has 0 saturated heterocycles. The fourth-order valence-corrected chi connectivity index (χ4v) is 1.31. The Bertz CT molecular complexity index is 384. The summed E-state index contributed by atoms with van der Waals surface area (Å²) in [5, 5.41) is 8.41. The van der Waals surface area contributed by atoms with Crippen LogP contribution in [-0.2, 0) is 4.79 Å². The van der Waals surface area contributed by atoms with E-state index in [1.807, 2.05) is 36.4 Å². The smallest absolute Gasteiger partial charge is 0.225 e. The molecular formula is C13H16N2O2. The van der Waals surface area contributed by atoms with Crippen molar-refractivity contribution < 1.29 is 9.53 Å². The zero-order valence-electron chi connectivity index (χ0n) is 9.93. The number of amides is 1. The third-order valence-corrected chi connectivity index (χ3v) is 2.31. The lowest BCUT2D eigenvalue weighted by Gasteiger charge is -2.15. The summed E-state index contributed by atoms with van der Waals surface area (Å²) in [4.78, 5) is 13.1. The Morgan fingerprint density at radius 2 is 2.12 bits per heavy atom. The topological polar surface area (TPSA) is 53.3 Å². The van der Waals surface area contributed by atoms with Gasteiger partial charge in [0.15, 0.2) is 0 Å². The second-order valence-corrected chi connectivity index (χ2v) is 3.63. The number of para-hydroxylation sites is 1. The van der Waals surface area contributed by atoms with Gasteiger partial charge >= 0.3 is 0 Å². The number of rotatable bonds is 6. The molecule has 17 heavy (non-hydrogen) atoms. The van der Waals surface area contributed by atoms with Crippen LogP contribution in [0.15, 0.2) is 30.3 Å². The first kappa shape index (κ1) is 13.0. The number of nitrogens with zero attached hydrogens (tertiary/aromatic N) is 2. The summed E-state index contributed by atoms with van der Waals surface area (Å²) in [6.07, 6.45) is 0.693. The molecule has 0 N–H and O–H groups in total. The van der Waals surface area contributed by atoms with Gasteiger partial charge in [-0.1, -0.05) is 18.2 Å². The molecule has 1 amide bonds. The van der Waals surface area contributed by atoms with Gasteiger partial charge in [0.2, 0.25) is 5.91 Å². The number of nitriles is 1. The van der Waals surface area contributed by atoms with Gasteiger partial charge in [0, 0.05) is 13.6 Å². The highest BCUT2D eigenvalue weighted by Crippen LogP contribution is 2.08. The summed E-state index contributed by atoms with van der Waals surface area (Å²) >= 11 is 0. The van der Waals surface area contributed by atoms with Crippen LogP contribution in [0, 0.1) is 11.3 Å². The van der Waals surface area contributed by atoms with Gasteiger partial charge in [0.05, 0.1) is 25.5 Å². The minimum Gasteiger partial charge on any atom is -0.493 e. The largest absolute Gasteiger partial charge is 0.493 e. The van der Waals surface area contributed by atoms with Crippen LogP contribution < -0.4 is 4.74 Å². The first-order valence-corrected chi connectivity index (χ1v) is 5.53. The van der Waals surface area contributed by atoms with Crippen molar-refractivity contribution in [2.24, 2.45) is 0 Å². The summed E-state index contributed by atoms with van der Waals surface area (Å²) in [5.41, 5.74) is 0. The Morgan fingerprint density at radius 1 is 1.41 bits per heavy atom. The number of hydrogen-bond acceptors (Lipinski definition) is 3. The average molecular weight is 232 g/mol. The van der Waals surface area contributed by atoms with E-state index in [2.05, 4.69) is 0 Å². The molecule has 0 unspecified atom stereocenters. The van der Waals surface area contributed by atoms with Gasteiger partial charge in [0.1, 0.15) is 5.75 Å². The maximum absolute atomic E-state index is 11.6. The molecule has 0 fully saturated rings. The number of hydrogen-bond donors (Lipinski definition) is 0. The molecule has 0 aromatic heterocycles. The molecule has 4 heteroatoms. The quantitative estimate of drug-likeness (QED) is 0.751. The van der Waals surface area contributed by atoms with Crippen LogP contribution in [0.3, 0.4) is 0 Å². The van der Waals surface area contributed by atoms with Crippen LogP contribution in [0.25, 0.3) is 0 Å². The fraction of sp³-hybridized carbons (Fsp3) is 0.385. The van der Waals surface area contributed by atoms with Crippen molar-refractivity contribution in [3.05, 3.63) is 30.3 Å². The third-order valence-electron chi connectivity index (χ3n) is 2.31. The number of carbonyl (C=O) groups is 1. The molecule has 1 rings (SSSR count). The summed E-state index contributed by atoms with van der Waals surface area (Å²) < 4.78 is 5.42. The van der Waals surface area contributed by atoms with Crippen LogP contribution in [-0.4, -0.2) is 31.0 Å². The second-order valence-electron chi connectivity index (χ2n) is 3.63. The summed E-state index contributed by atoms with van der Waals surface area (Å²) in [6.45, 7) is 0.834. The zero-order valence-corrected chi connectivity index (χ0v) is 9.93. The maximum atomic E-state index is 11.6. The van der Waals surface area contributed by atoms with E-state index in [9.17, 15) is 4.79 Å². The molecule has 0 saturated carbocycles. The molecule has 0 radical (unpaired) electrons. The Morgan fingerprint density at radius 3 is 2.76 bits per heavy atom. The van der Waals surface area contributed by atoms with Gasteiger partial charge in [-0.2, -0.15) is 5.26 Å². The first-order chi connectivity index (χ1) is 8.24. The molecule has 0 spiro atoms. The van der Waals surface area contributed by atoms with E-state index in [4.69, 9.17) is 10.00 Å². The normalized spacial score (nSPS) is 9.41. The molecular weight excluding hydrogens is 216 g/mol. The van der Waals surface area contributed by atoms with Crippen molar-refractivity contribution in [1.82, 2.24) is 4.90 Å². The molecule has 90 valence electrons. The maximum Gasteiger partial charge on any atom is 0.225 e. The molecule has 0 atom stereocenters. The first-order valence-electron chi connectivity index (χ1n) is 5.53. The lowest BCUT2D eigenvalue weighted by molar-refractivity contribution is -0.130. The predicted octanol–water partition coefficient (Wildman–Crippen LogP) is 1.83. The molecule has 0 aliphatic carbocycles. The van der Waals surface area contributed by atoms with Crippen molar-refractivity contribution in [2.45, 2.75) is 12.8 Å². The summed E-state index contributed by atoms with van der Waals surface area (Å²) in [7, 11) is 1.70. The molecule has 0 aliphatic heterocycles. The van der Waals surface area contributed by atoms with Crippen molar-refractivity contribution in [1.29, 1.82) is 5.26 Å². The molecule has 1 aromatic carbocycles. The van der Waals surface area contributed by atoms with Crippen molar-refractivity contribution in [3.63, 3.8) is 0 Å². The van der Waals surface area contributed by atoms with E-state index in [0.717, 1.165) is 5.75 Å². The van der Waals surface area contributed by atoms with Crippen molar-refractivity contribution in [2.75, 3.05) is 20.2 Å². The highest BCUT2D eigenvalue weighted by Gasteiger charge is 2.07. The number of ether oxygens (including phenoxy) is 1. The van der Waals surface area contributed by atoms with Gasteiger partial charge in [-0.3, -0.25) is 4.79 Å². The predicted molar refractivity (Wildman–Crippen MR) is 64.4 cm³/mol. The van der Waals surface area contributed by atoms with Gasteiger partial charge in [0.25, 0.3) is 0 Å². The Labute approximate surface area is 101 Å². The van der Waals surface area contributed by atoms with Crippen molar-refractivity contribution >= 4 is 5.91 Å². The highest BCUT2D eigenvalue weighted by molar-refractivity contribution is 5.75. The van der Waals surface area contributed by atoms with Gasteiger partial charge in [-0.05, 0) is 12.1 Å². The third kappa shape index (κ3) is 5.03. The molecule has 0 heterocycles. The Kier molecular flexibility index (Phi) is 5.59. The summed E-state index contributed by atoms with van der Waals surface area (Å²) in [5.74, 6) is 0.760. The van der Waals surface area contributed by atoms with Gasteiger partial charge in [-0.25, -0.2) is 0 Å². The van der Waals surface area contributed by atoms with Crippen LogP contribution >= 0.6 is 0 Å². The van der Waals surface area contributed by atoms with E-state index in [0.29, 0.717) is 26.0 Å².